The molecule has 1 aromatic rings. The Morgan fingerprint density at radius 3 is 2.52 bits per heavy atom. The molecule has 0 radical (unpaired) electrons. The zero-order valence-electron chi connectivity index (χ0n) is 11.8. The second kappa shape index (κ2) is 4.87. The summed E-state index contributed by atoms with van der Waals surface area (Å²) in [6, 6.07) is 8.39. The Labute approximate surface area is 122 Å². The van der Waals surface area contributed by atoms with Crippen LogP contribution in [0.4, 0.5) is 4.79 Å². The highest BCUT2D eigenvalue weighted by molar-refractivity contribution is 6.08. The van der Waals surface area contributed by atoms with Crippen LogP contribution in [0.15, 0.2) is 30.3 Å². The molecular weight excluding hydrogens is 270 g/mol. The fraction of sp³-hybridized carbons (Fsp3) is 0.400. The molecule has 1 unspecified atom stereocenters. The number of nitrogens with one attached hydrogen (secondary N) is 2. The number of benzene rings is 1. The Morgan fingerprint density at radius 1 is 1.29 bits per heavy atom. The molecule has 0 spiro atoms. The van der Waals surface area contributed by atoms with E-state index < -0.39 is 17.5 Å². The quantitative estimate of drug-likeness (QED) is 0.822. The smallest absolute Gasteiger partial charge is 0.318 e. The normalized spacial score (nSPS) is 25.5. The molecular formula is C15H17N3O3. The Balaban J connectivity index is 1.80. The lowest BCUT2D eigenvalue weighted by Gasteiger charge is -2.26. The van der Waals surface area contributed by atoms with Gasteiger partial charge in [0.1, 0.15) is 5.54 Å². The highest BCUT2D eigenvalue weighted by Gasteiger charge is 2.50. The number of nitrogens with zero attached hydrogens (tertiary/aromatic N) is 1. The maximum Gasteiger partial charge on any atom is 0.344 e. The molecule has 3 rings (SSSR count). The van der Waals surface area contributed by atoms with E-state index >= 15 is 0 Å². The van der Waals surface area contributed by atoms with Crippen LogP contribution in [0.25, 0.3) is 0 Å². The molecule has 2 aliphatic rings. The van der Waals surface area contributed by atoms with Crippen LogP contribution in [0.2, 0.25) is 0 Å². The highest BCUT2D eigenvalue weighted by atomic mass is 16.2. The second-order valence-electron chi connectivity index (χ2n) is 5.67. The van der Waals surface area contributed by atoms with E-state index in [1.807, 2.05) is 6.07 Å². The summed E-state index contributed by atoms with van der Waals surface area (Å²) in [7, 11) is 0. The monoisotopic (exact) mass is 287 g/mol. The molecule has 4 amide bonds. The minimum absolute atomic E-state index is 0.0887. The molecule has 1 aliphatic carbocycles. The van der Waals surface area contributed by atoms with E-state index in [1.165, 1.54) is 0 Å². The zero-order chi connectivity index (χ0) is 15.0. The van der Waals surface area contributed by atoms with E-state index in [1.54, 1.807) is 31.2 Å². The van der Waals surface area contributed by atoms with Crippen molar-refractivity contribution in [1.29, 1.82) is 0 Å². The van der Waals surface area contributed by atoms with Crippen molar-refractivity contribution >= 4 is 17.8 Å². The van der Waals surface area contributed by atoms with Gasteiger partial charge in [-0.25, -0.2) is 4.79 Å². The predicted molar refractivity (Wildman–Crippen MR) is 74.7 cm³/mol. The first-order valence-electron chi connectivity index (χ1n) is 7.05. The van der Waals surface area contributed by atoms with Gasteiger partial charge in [-0.15, -0.1) is 0 Å². The van der Waals surface area contributed by atoms with Gasteiger partial charge in [-0.1, -0.05) is 36.8 Å². The summed E-state index contributed by atoms with van der Waals surface area (Å²) >= 11 is 0. The zero-order valence-corrected chi connectivity index (χ0v) is 11.8. The van der Waals surface area contributed by atoms with Crippen molar-refractivity contribution < 1.29 is 14.4 Å². The van der Waals surface area contributed by atoms with Crippen molar-refractivity contribution in [2.75, 3.05) is 0 Å². The Kier molecular flexibility index (Phi) is 3.16. The van der Waals surface area contributed by atoms with Gasteiger partial charge in [-0.2, -0.15) is 5.01 Å². The minimum Gasteiger partial charge on any atom is -0.318 e. The maximum atomic E-state index is 12.5. The summed E-state index contributed by atoms with van der Waals surface area (Å²) in [5.41, 5.74) is 1.97. The summed E-state index contributed by atoms with van der Waals surface area (Å²) in [4.78, 5) is 36.5. The number of amides is 4. The van der Waals surface area contributed by atoms with Gasteiger partial charge in [0.25, 0.3) is 5.91 Å². The third kappa shape index (κ3) is 2.16. The fourth-order valence-electron chi connectivity index (χ4n) is 2.58. The molecule has 2 fully saturated rings. The van der Waals surface area contributed by atoms with Crippen molar-refractivity contribution in [2.24, 2.45) is 5.92 Å². The van der Waals surface area contributed by atoms with E-state index in [-0.39, 0.29) is 11.8 Å². The molecule has 21 heavy (non-hydrogen) atoms. The van der Waals surface area contributed by atoms with Crippen LogP contribution in [-0.2, 0) is 15.1 Å². The van der Waals surface area contributed by atoms with Gasteiger partial charge in [0, 0.05) is 5.92 Å². The highest BCUT2D eigenvalue weighted by Crippen LogP contribution is 2.29. The Hall–Kier alpha value is -2.37. The lowest BCUT2D eigenvalue weighted by atomic mass is 9.85. The van der Waals surface area contributed by atoms with Crippen molar-refractivity contribution in [3.05, 3.63) is 35.9 Å². The van der Waals surface area contributed by atoms with Gasteiger partial charge in [-0.3, -0.25) is 15.0 Å². The Bertz CT molecular complexity index is 597. The van der Waals surface area contributed by atoms with E-state index in [0.717, 1.165) is 24.3 Å². The molecule has 6 heteroatoms. The second-order valence-corrected chi connectivity index (χ2v) is 5.67. The van der Waals surface area contributed by atoms with Crippen LogP contribution in [0.3, 0.4) is 0 Å². The van der Waals surface area contributed by atoms with E-state index in [4.69, 9.17) is 0 Å². The Morgan fingerprint density at radius 2 is 1.95 bits per heavy atom. The number of hydrogen-bond donors (Lipinski definition) is 2. The van der Waals surface area contributed by atoms with Crippen molar-refractivity contribution in [3.63, 3.8) is 0 Å². The molecule has 0 aromatic heterocycles. The number of hydrazine groups is 1. The summed E-state index contributed by atoms with van der Waals surface area (Å²) in [6.07, 6.45) is 2.64. The van der Waals surface area contributed by atoms with Gasteiger partial charge < -0.3 is 5.32 Å². The molecule has 1 aromatic carbocycles. The minimum atomic E-state index is -1.15. The van der Waals surface area contributed by atoms with Gasteiger partial charge in [0.05, 0.1) is 0 Å². The average molecular weight is 287 g/mol. The molecule has 1 atom stereocenters. The van der Waals surface area contributed by atoms with E-state index in [0.29, 0.717) is 5.56 Å². The molecule has 110 valence electrons. The van der Waals surface area contributed by atoms with Gasteiger partial charge in [-0.05, 0) is 25.3 Å². The summed E-state index contributed by atoms with van der Waals surface area (Å²) in [5, 5.41) is 3.45. The van der Waals surface area contributed by atoms with Crippen LogP contribution >= 0.6 is 0 Å². The number of carbonyl (C=O) groups excluding carboxylic acids is 3. The van der Waals surface area contributed by atoms with Gasteiger partial charge in [0.2, 0.25) is 5.91 Å². The first kappa shape index (κ1) is 13.6. The van der Waals surface area contributed by atoms with Crippen molar-refractivity contribution in [2.45, 2.75) is 31.7 Å². The number of hydrogen-bond acceptors (Lipinski definition) is 3. The first-order valence-corrected chi connectivity index (χ1v) is 7.05. The third-order valence-corrected chi connectivity index (χ3v) is 4.24. The number of rotatable bonds is 3. The molecule has 1 saturated carbocycles. The van der Waals surface area contributed by atoms with Gasteiger partial charge in [0.15, 0.2) is 0 Å². The topological polar surface area (TPSA) is 78.5 Å². The van der Waals surface area contributed by atoms with Crippen LogP contribution in [-0.4, -0.2) is 22.9 Å². The fourth-order valence-corrected chi connectivity index (χ4v) is 2.58. The lowest BCUT2D eigenvalue weighted by Crippen LogP contribution is -2.50. The number of carbonyl (C=O) groups is 3. The average Bonchev–Trinajstić information content (AvgIpc) is 2.63. The number of urea groups is 1. The molecule has 1 heterocycles. The third-order valence-electron chi connectivity index (χ3n) is 4.24. The van der Waals surface area contributed by atoms with Crippen LogP contribution in [0.1, 0.15) is 31.7 Å². The first-order chi connectivity index (χ1) is 10.0. The predicted octanol–water partition coefficient (Wildman–Crippen LogP) is 1.28. The molecule has 1 aliphatic heterocycles. The molecule has 2 N–H and O–H groups in total. The van der Waals surface area contributed by atoms with Gasteiger partial charge >= 0.3 is 6.03 Å². The maximum absolute atomic E-state index is 12.5. The number of imide groups is 1. The summed E-state index contributed by atoms with van der Waals surface area (Å²) < 4.78 is 0. The van der Waals surface area contributed by atoms with Crippen molar-refractivity contribution in [3.8, 4) is 0 Å². The van der Waals surface area contributed by atoms with Crippen LogP contribution in [0, 0.1) is 5.92 Å². The van der Waals surface area contributed by atoms with Crippen LogP contribution < -0.4 is 10.7 Å². The molecule has 1 saturated heterocycles. The van der Waals surface area contributed by atoms with E-state index in [2.05, 4.69) is 10.7 Å². The largest absolute Gasteiger partial charge is 0.344 e. The molecule has 6 nitrogen and oxygen atoms in total. The van der Waals surface area contributed by atoms with E-state index in [9.17, 15) is 14.4 Å². The van der Waals surface area contributed by atoms with Crippen molar-refractivity contribution in [1.82, 2.24) is 15.8 Å². The lowest BCUT2D eigenvalue weighted by molar-refractivity contribution is -0.141. The molecule has 0 bridgehead atoms. The standard InChI is InChI=1S/C15H17N3O3/c1-15(11-8-3-2-4-9-11)13(20)18(14(21)16-15)17-12(19)10-6-5-7-10/h2-4,8-10H,5-7H2,1H3,(H,16,21)(H,17,19). The van der Waals surface area contributed by atoms with Crippen LogP contribution in [0.5, 0.6) is 0 Å². The summed E-state index contributed by atoms with van der Waals surface area (Å²) in [5.74, 6) is -0.817. The summed E-state index contributed by atoms with van der Waals surface area (Å²) in [6.45, 7) is 1.64. The SMILES string of the molecule is CC1(c2ccccc2)NC(=O)N(NC(=O)C2CCC2)C1=O.